The molecule has 0 saturated carbocycles. The molecule has 0 unspecified atom stereocenters. The van der Waals surface area contributed by atoms with Gasteiger partial charge in [0.1, 0.15) is 17.6 Å². The fourth-order valence-electron chi connectivity index (χ4n) is 2.82. The zero-order chi connectivity index (χ0) is 19.9. The van der Waals surface area contributed by atoms with Crippen molar-refractivity contribution in [1.29, 1.82) is 0 Å². The number of halogens is 1. The van der Waals surface area contributed by atoms with Crippen molar-refractivity contribution in [1.82, 2.24) is 14.9 Å². The van der Waals surface area contributed by atoms with Gasteiger partial charge < -0.3 is 14.6 Å². The Labute approximate surface area is 174 Å². The zero-order valence-electron chi connectivity index (χ0n) is 15.8. The number of nitrogens with one attached hydrogen (secondary N) is 1. The molecule has 1 aromatic heterocycles. The van der Waals surface area contributed by atoms with Gasteiger partial charge in [0.15, 0.2) is 0 Å². The van der Waals surface area contributed by atoms with Gasteiger partial charge in [-0.3, -0.25) is 4.79 Å². The smallest absolute Gasteiger partial charge is 0.230 e. The molecule has 0 spiro atoms. The summed E-state index contributed by atoms with van der Waals surface area (Å²) in [6.07, 6.45) is 3.59. The maximum absolute atomic E-state index is 12.6. The number of imidazole rings is 1. The van der Waals surface area contributed by atoms with Crippen LogP contribution in [0.3, 0.4) is 0 Å². The van der Waals surface area contributed by atoms with Crippen LogP contribution in [0.15, 0.2) is 60.9 Å². The SMILES string of the molecule is COc1ccc([C@@H](NC(=O)CSCc2ccccc2Cl)c2nccn2C)cc1. The highest BCUT2D eigenvalue weighted by Gasteiger charge is 2.20. The number of rotatable bonds is 8. The first-order valence-electron chi connectivity index (χ1n) is 8.80. The monoisotopic (exact) mass is 415 g/mol. The first kappa shape index (κ1) is 20.3. The summed E-state index contributed by atoms with van der Waals surface area (Å²) in [7, 11) is 3.54. The number of carbonyl (C=O) groups is 1. The lowest BCUT2D eigenvalue weighted by Gasteiger charge is -2.19. The molecule has 1 heterocycles. The van der Waals surface area contributed by atoms with Crippen LogP contribution in [-0.2, 0) is 17.6 Å². The second-order valence-corrected chi connectivity index (χ2v) is 7.65. The second-order valence-electron chi connectivity index (χ2n) is 6.25. The zero-order valence-corrected chi connectivity index (χ0v) is 17.3. The van der Waals surface area contributed by atoms with Crippen molar-refractivity contribution in [2.75, 3.05) is 12.9 Å². The normalized spacial score (nSPS) is 11.8. The molecular formula is C21H22ClN3O2S. The van der Waals surface area contributed by atoms with Crippen LogP contribution in [0.2, 0.25) is 5.02 Å². The summed E-state index contributed by atoms with van der Waals surface area (Å²) in [5, 5.41) is 3.82. The minimum absolute atomic E-state index is 0.0547. The highest BCUT2D eigenvalue weighted by Crippen LogP contribution is 2.24. The van der Waals surface area contributed by atoms with Gasteiger partial charge in [0.05, 0.1) is 12.9 Å². The summed E-state index contributed by atoms with van der Waals surface area (Å²) in [5.41, 5.74) is 1.97. The van der Waals surface area contributed by atoms with E-state index in [0.29, 0.717) is 11.5 Å². The van der Waals surface area contributed by atoms with Gasteiger partial charge in [-0.15, -0.1) is 11.8 Å². The number of ether oxygens (including phenoxy) is 1. The molecular weight excluding hydrogens is 394 g/mol. The number of hydrogen-bond donors (Lipinski definition) is 1. The molecule has 0 fully saturated rings. The summed E-state index contributed by atoms with van der Waals surface area (Å²) < 4.78 is 7.14. The highest BCUT2D eigenvalue weighted by molar-refractivity contribution is 7.99. The van der Waals surface area contributed by atoms with E-state index in [4.69, 9.17) is 16.3 Å². The molecule has 5 nitrogen and oxygen atoms in total. The predicted octanol–water partition coefficient (Wildman–Crippen LogP) is 4.22. The third kappa shape index (κ3) is 5.09. The van der Waals surface area contributed by atoms with Gasteiger partial charge >= 0.3 is 0 Å². The summed E-state index contributed by atoms with van der Waals surface area (Å²) in [6.45, 7) is 0. The largest absolute Gasteiger partial charge is 0.497 e. The minimum atomic E-state index is -0.334. The summed E-state index contributed by atoms with van der Waals surface area (Å²) >= 11 is 7.71. The summed E-state index contributed by atoms with van der Waals surface area (Å²) in [4.78, 5) is 17.0. The van der Waals surface area contributed by atoms with Crippen LogP contribution in [0.1, 0.15) is 23.0 Å². The predicted molar refractivity (Wildman–Crippen MR) is 114 cm³/mol. The molecule has 0 aliphatic heterocycles. The maximum Gasteiger partial charge on any atom is 0.230 e. The van der Waals surface area contributed by atoms with Gasteiger partial charge in [-0.2, -0.15) is 0 Å². The Kier molecular flexibility index (Phi) is 7.01. The van der Waals surface area contributed by atoms with E-state index in [1.165, 1.54) is 11.8 Å². The van der Waals surface area contributed by atoms with Crippen LogP contribution < -0.4 is 10.1 Å². The van der Waals surface area contributed by atoms with Crippen molar-refractivity contribution in [2.24, 2.45) is 7.05 Å². The molecule has 3 rings (SSSR count). The molecule has 3 aromatic rings. The van der Waals surface area contributed by atoms with E-state index in [0.717, 1.165) is 27.7 Å². The van der Waals surface area contributed by atoms with Crippen molar-refractivity contribution < 1.29 is 9.53 Å². The Morgan fingerprint density at radius 1 is 1.25 bits per heavy atom. The van der Waals surface area contributed by atoms with E-state index >= 15 is 0 Å². The molecule has 0 saturated heterocycles. The van der Waals surface area contributed by atoms with Gasteiger partial charge in [0.2, 0.25) is 5.91 Å². The molecule has 7 heteroatoms. The van der Waals surface area contributed by atoms with Crippen molar-refractivity contribution >= 4 is 29.3 Å². The van der Waals surface area contributed by atoms with E-state index in [1.807, 2.05) is 66.3 Å². The van der Waals surface area contributed by atoms with Gasteiger partial charge in [-0.25, -0.2) is 4.98 Å². The van der Waals surface area contributed by atoms with E-state index < -0.39 is 0 Å². The van der Waals surface area contributed by atoms with E-state index in [9.17, 15) is 4.79 Å². The fraction of sp³-hybridized carbons (Fsp3) is 0.238. The summed E-state index contributed by atoms with van der Waals surface area (Å²) in [5.74, 6) is 2.50. The number of benzene rings is 2. The van der Waals surface area contributed by atoms with Gasteiger partial charge in [-0.05, 0) is 29.3 Å². The van der Waals surface area contributed by atoms with E-state index in [-0.39, 0.29) is 11.9 Å². The van der Waals surface area contributed by atoms with Crippen LogP contribution >= 0.6 is 23.4 Å². The van der Waals surface area contributed by atoms with Crippen LogP contribution in [-0.4, -0.2) is 28.3 Å². The van der Waals surface area contributed by atoms with Gasteiger partial charge in [0.25, 0.3) is 0 Å². The second kappa shape index (κ2) is 9.66. The lowest BCUT2D eigenvalue weighted by atomic mass is 10.1. The minimum Gasteiger partial charge on any atom is -0.497 e. The van der Waals surface area contributed by atoms with Crippen LogP contribution in [0.4, 0.5) is 0 Å². The molecule has 1 N–H and O–H groups in total. The fourth-order valence-corrected chi connectivity index (χ4v) is 3.94. The topological polar surface area (TPSA) is 56.1 Å². The van der Waals surface area contributed by atoms with E-state index in [2.05, 4.69) is 10.3 Å². The molecule has 2 aromatic carbocycles. The number of methoxy groups -OCH3 is 1. The molecule has 0 radical (unpaired) electrons. The average molecular weight is 416 g/mol. The van der Waals surface area contributed by atoms with Gasteiger partial charge in [-0.1, -0.05) is 41.9 Å². The quantitative estimate of drug-likeness (QED) is 0.598. The van der Waals surface area contributed by atoms with Crippen molar-refractivity contribution in [3.05, 3.63) is 82.9 Å². The molecule has 1 atom stereocenters. The average Bonchev–Trinajstić information content (AvgIpc) is 3.13. The number of thioether (sulfide) groups is 1. The Morgan fingerprint density at radius 3 is 2.64 bits per heavy atom. The highest BCUT2D eigenvalue weighted by atomic mass is 35.5. The lowest BCUT2D eigenvalue weighted by molar-refractivity contribution is -0.119. The number of hydrogen-bond acceptors (Lipinski definition) is 4. The third-order valence-corrected chi connectivity index (χ3v) is 5.67. The number of amides is 1. The molecule has 0 bridgehead atoms. The number of carbonyl (C=O) groups excluding carboxylic acids is 1. The maximum atomic E-state index is 12.6. The van der Waals surface area contributed by atoms with Crippen LogP contribution in [0, 0.1) is 0 Å². The van der Waals surface area contributed by atoms with Crippen molar-refractivity contribution in [3.63, 3.8) is 0 Å². The molecule has 0 aliphatic carbocycles. The Balaban J connectivity index is 1.68. The van der Waals surface area contributed by atoms with E-state index in [1.54, 1.807) is 13.3 Å². The third-order valence-electron chi connectivity index (χ3n) is 4.32. The molecule has 146 valence electrons. The number of nitrogens with zero attached hydrogens (tertiary/aromatic N) is 2. The molecule has 1 amide bonds. The van der Waals surface area contributed by atoms with Crippen LogP contribution in [0.25, 0.3) is 0 Å². The molecule has 0 aliphatic rings. The van der Waals surface area contributed by atoms with Gasteiger partial charge in [0, 0.05) is 30.2 Å². The van der Waals surface area contributed by atoms with Crippen molar-refractivity contribution in [3.8, 4) is 5.75 Å². The standard InChI is InChI=1S/C21H22ClN3O2S/c1-25-12-11-23-21(25)20(15-7-9-17(27-2)10-8-15)24-19(26)14-28-13-16-5-3-4-6-18(16)22/h3-12,20H,13-14H2,1-2H3,(H,24,26)/t20-/m1/s1. The Morgan fingerprint density at radius 2 is 2.00 bits per heavy atom. The number of aromatic nitrogens is 2. The first-order valence-corrected chi connectivity index (χ1v) is 10.3. The first-order chi connectivity index (χ1) is 13.6. The summed E-state index contributed by atoms with van der Waals surface area (Å²) in [6, 6.07) is 15.0. The van der Waals surface area contributed by atoms with Crippen LogP contribution in [0.5, 0.6) is 5.75 Å². The Hall–Kier alpha value is -2.44. The molecule has 28 heavy (non-hydrogen) atoms. The number of aryl methyl sites for hydroxylation is 1. The Bertz CT molecular complexity index is 927. The lowest BCUT2D eigenvalue weighted by Crippen LogP contribution is -2.32. The van der Waals surface area contributed by atoms with Crippen molar-refractivity contribution in [2.45, 2.75) is 11.8 Å².